The van der Waals surface area contributed by atoms with Crippen molar-refractivity contribution in [2.45, 2.75) is 6.61 Å². The molecule has 0 spiro atoms. The number of hydrogen-bond donors (Lipinski definition) is 0. The SMILES string of the molecule is COc1ccc(/C=C\c2ccc3cccc(OCc4ccccc4)c3n2)cc1OC. The highest BCUT2D eigenvalue weighted by Crippen LogP contribution is 2.29. The van der Waals surface area contributed by atoms with E-state index in [9.17, 15) is 0 Å². The van der Waals surface area contributed by atoms with Crippen LogP contribution in [-0.4, -0.2) is 19.2 Å². The summed E-state index contributed by atoms with van der Waals surface area (Å²) in [4.78, 5) is 4.81. The van der Waals surface area contributed by atoms with Gasteiger partial charge in [0.1, 0.15) is 17.9 Å². The average Bonchev–Trinajstić information content (AvgIpc) is 2.81. The quantitative estimate of drug-likeness (QED) is 0.383. The number of nitrogens with zero attached hydrogens (tertiary/aromatic N) is 1. The van der Waals surface area contributed by atoms with Crippen molar-refractivity contribution in [3.63, 3.8) is 0 Å². The molecule has 4 aromatic rings. The lowest BCUT2D eigenvalue weighted by atomic mass is 10.1. The topological polar surface area (TPSA) is 40.6 Å². The first kappa shape index (κ1) is 19.5. The van der Waals surface area contributed by atoms with E-state index in [1.54, 1.807) is 14.2 Å². The maximum atomic E-state index is 6.06. The van der Waals surface area contributed by atoms with Gasteiger partial charge in [0.15, 0.2) is 11.5 Å². The van der Waals surface area contributed by atoms with E-state index in [2.05, 4.69) is 18.2 Å². The van der Waals surface area contributed by atoms with Gasteiger partial charge in [-0.25, -0.2) is 4.98 Å². The highest BCUT2D eigenvalue weighted by Gasteiger charge is 2.06. The van der Waals surface area contributed by atoms with E-state index in [0.717, 1.165) is 33.5 Å². The lowest BCUT2D eigenvalue weighted by molar-refractivity contribution is 0.309. The first-order chi connectivity index (χ1) is 14.8. The number of fused-ring (bicyclic) bond motifs is 1. The second kappa shape index (κ2) is 9.14. The smallest absolute Gasteiger partial charge is 0.161 e. The number of aromatic nitrogens is 1. The van der Waals surface area contributed by atoms with Crippen molar-refractivity contribution in [3.05, 3.63) is 95.7 Å². The van der Waals surface area contributed by atoms with Gasteiger partial charge in [-0.05, 0) is 41.5 Å². The van der Waals surface area contributed by atoms with Gasteiger partial charge in [0, 0.05) is 5.39 Å². The molecular formula is C26H23NO3. The summed E-state index contributed by atoms with van der Waals surface area (Å²) in [5.74, 6) is 2.18. The molecule has 0 fully saturated rings. The molecule has 4 nitrogen and oxygen atoms in total. The van der Waals surface area contributed by atoms with Crippen LogP contribution in [-0.2, 0) is 6.61 Å². The van der Waals surface area contributed by atoms with E-state index in [0.29, 0.717) is 18.1 Å². The maximum Gasteiger partial charge on any atom is 0.161 e. The zero-order chi connectivity index (χ0) is 20.8. The van der Waals surface area contributed by atoms with Crippen LogP contribution in [0.15, 0.2) is 78.9 Å². The Bertz CT molecular complexity index is 1170. The predicted octanol–water partition coefficient (Wildman–Crippen LogP) is 6.00. The van der Waals surface area contributed by atoms with Crippen molar-refractivity contribution >= 4 is 23.1 Å². The number of pyridine rings is 1. The summed E-state index contributed by atoms with van der Waals surface area (Å²) < 4.78 is 16.7. The highest BCUT2D eigenvalue weighted by atomic mass is 16.5. The maximum absolute atomic E-state index is 6.06. The fourth-order valence-electron chi connectivity index (χ4n) is 3.22. The molecule has 30 heavy (non-hydrogen) atoms. The van der Waals surface area contributed by atoms with Crippen LogP contribution >= 0.6 is 0 Å². The number of rotatable bonds is 7. The second-order valence-electron chi connectivity index (χ2n) is 6.79. The van der Waals surface area contributed by atoms with Crippen molar-refractivity contribution < 1.29 is 14.2 Å². The van der Waals surface area contributed by atoms with Crippen molar-refractivity contribution in [1.29, 1.82) is 0 Å². The normalized spacial score (nSPS) is 11.0. The molecule has 4 heteroatoms. The van der Waals surface area contributed by atoms with Crippen LogP contribution in [0.4, 0.5) is 0 Å². The van der Waals surface area contributed by atoms with Gasteiger partial charge in [0.05, 0.1) is 19.9 Å². The molecule has 150 valence electrons. The molecule has 0 unspecified atom stereocenters. The van der Waals surface area contributed by atoms with Crippen LogP contribution in [0.1, 0.15) is 16.8 Å². The molecule has 0 amide bonds. The Morgan fingerprint density at radius 3 is 2.37 bits per heavy atom. The lowest BCUT2D eigenvalue weighted by Crippen LogP contribution is -1.97. The minimum absolute atomic E-state index is 0.507. The number of para-hydroxylation sites is 1. The van der Waals surface area contributed by atoms with Crippen LogP contribution in [0, 0.1) is 0 Å². The molecule has 1 heterocycles. The van der Waals surface area contributed by atoms with Crippen molar-refractivity contribution in [2.75, 3.05) is 14.2 Å². The van der Waals surface area contributed by atoms with Gasteiger partial charge in [-0.3, -0.25) is 0 Å². The predicted molar refractivity (Wildman–Crippen MR) is 121 cm³/mol. The largest absolute Gasteiger partial charge is 0.493 e. The van der Waals surface area contributed by atoms with Crippen LogP contribution in [0.2, 0.25) is 0 Å². The molecule has 1 aromatic heterocycles. The zero-order valence-electron chi connectivity index (χ0n) is 17.0. The molecule has 0 saturated heterocycles. The molecule has 0 aliphatic heterocycles. The van der Waals surface area contributed by atoms with E-state index in [4.69, 9.17) is 19.2 Å². The Labute approximate surface area is 176 Å². The fourth-order valence-corrected chi connectivity index (χ4v) is 3.22. The van der Waals surface area contributed by atoms with E-state index in [1.807, 2.05) is 72.8 Å². The third-order valence-electron chi connectivity index (χ3n) is 4.80. The molecule has 0 N–H and O–H groups in total. The summed E-state index contributed by atoms with van der Waals surface area (Å²) in [5, 5.41) is 1.05. The van der Waals surface area contributed by atoms with Gasteiger partial charge in [0.25, 0.3) is 0 Å². The van der Waals surface area contributed by atoms with Crippen molar-refractivity contribution in [3.8, 4) is 17.2 Å². The number of benzene rings is 3. The fraction of sp³-hybridized carbons (Fsp3) is 0.115. The second-order valence-corrected chi connectivity index (χ2v) is 6.79. The minimum atomic E-state index is 0.507. The third-order valence-corrected chi connectivity index (χ3v) is 4.80. The zero-order valence-corrected chi connectivity index (χ0v) is 17.0. The molecule has 0 aliphatic rings. The molecule has 0 radical (unpaired) electrons. The van der Waals surface area contributed by atoms with Gasteiger partial charge in [-0.1, -0.05) is 60.7 Å². The number of methoxy groups -OCH3 is 2. The summed E-state index contributed by atoms with van der Waals surface area (Å²) in [6.07, 6.45) is 3.98. The molecular weight excluding hydrogens is 374 g/mol. The summed E-state index contributed by atoms with van der Waals surface area (Å²) in [7, 11) is 3.26. The van der Waals surface area contributed by atoms with Crippen molar-refractivity contribution in [2.24, 2.45) is 0 Å². The van der Waals surface area contributed by atoms with Crippen LogP contribution in [0.3, 0.4) is 0 Å². The highest BCUT2D eigenvalue weighted by molar-refractivity contribution is 5.86. The molecule has 0 bridgehead atoms. The van der Waals surface area contributed by atoms with Crippen LogP contribution < -0.4 is 14.2 Å². The molecule has 0 aliphatic carbocycles. The Kier molecular flexibility index (Phi) is 5.95. The van der Waals surface area contributed by atoms with Gasteiger partial charge in [-0.15, -0.1) is 0 Å². The standard InChI is InChI=1S/C26H23NO3/c1-28-23-16-12-19(17-25(23)29-2)11-14-22-15-13-21-9-6-10-24(26(21)27-22)30-18-20-7-4-3-5-8-20/h3-17H,18H2,1-2H3/b14-11-. The number of ether oxygens (including phenoxy) is 3. The minimum Gasteiger partial charge on any atom is -0.493 e. The van der Waals surface area contributed by atoms with Crippen molar-refractivity contribution in [1.82, 2.24) is 4.98 Å². The average molecular weight is 397 g/mol. The Balaban J connectivity index is 1.58. The van der Waals surface area contributed by atoms with E-state index >= 15 is 0 Å². The summed E-state index contributed by atoms with van der Waals surface area (Å²) >= 11 is 0. The van der Waals surface area contributed by atoms with E-state index in [1.165, 1.54) is 0 Å². The van der Waals surface area contributed by atoms with Gasteiger partial charge >= 0.3 is 0 Å². The molecule has 0 atom stereocenters. The van der Waals surface area contributed by atoms with Crippen LogP contribution in [0.25, 0.3) is 23.1 Å². The van der Waals surface area contributed by atoms with Crippen LogP contribution in [0.5, 0.6) is 17.2 Å². The Morgan fingerprint density at radius 2 is 1.57 bits per heavy atom. The third kappa shape index (κ3) is 4.44. The van der Waals surface area contributed by atoms with E-state index < -0.39 is 0 Å². The summed E-state index contributed by atoms with van der Waals surface area (Å²) in [6, 6.07) is 26.0. The lowest BCUT2D eigenvalue weighted by Gasteiger charge is -2.09. The summed E-state index contributed by atoms with van der Waals surface area (Å²) in [5.41, 5.74) is 3.83. The van der Waals surface area contributed by atoms with E-state index in [-0.39, 0.29) is 0 Å². The Morgan fingerprint density at radius 1 is 0.733 bits per heavy atom. The Hall–Kier alpha value is -3.79. The first-order valence-corrected chi connectivity index (χ1v) is 9.73. The van der Waals surface area contributed by atoms with Gasteiger partial charge < -0.3 is 14.2 Å². The molecule has 3 aromatic carbocycles. The summed E-state index contributed by atoms with van der Waals surface area (Å²) in [6.45, 7) is 0.507. The van der Waals surface area contributed by atoms with Gasteiger partial charge in [-0.2, -0.15) is 0 Å². The number of hydrogen-bond acceptors (Lipinski definition) is 4. The first-order valence-electron chi connectivity index (χ1n) is 9.73. The van der Waals surface area contributed by atoms with Gasteiger partial charge in [0.2, 0.25) is 0 Å². The molecule has 4 rings (SSSR count). The monoisotopic (exact) mass is 397 g/mol. The molecule has 0 saturated carbocycles.